The Morgan fingerprint density at radius 1 is 0.431 bits per heavy atom. The van der Waals surface area contributed by atoms with Crippen LogP contribution in [-0.4, -0.2) is 0 Å². The van der Waals surface area contributed by atoms with Crippen molar-refractivity contribution in [1.82, 2.24) is 0 Å². The molecule has 3 atom stereocenters. The fraction of sp³-hybridized carbons (Fsp3) is 0.0545. The van der Waals surface area contributed by atoms with E-state index in [1.54, 1.807) is 0 Å². The number of benzene rings is 8. The molecule has 0 bridgehead atoms. The molecule has 12 rings (SSSR count). The number of rotatable bonds is 5. The van der Waals surface area contributed by atoms with E-state index < -0.39 is 5.41 Å². The summed E-state index contributed by atoms with van der Waals surface area (Å²) < 4.78 is 14.5. The second-order valence-electron chi connectivity index (χ2n) is 15.6. The normalized spacial score (nSPS) is 18.6. The van der Waals surface area contributed by atoms with Crippen molar-refractivity contribution in [2.45, 2.75) is 11.3 Å². The van der Waals surface area contributed by atoms with Crippen molar-refractivity contribution in [3.63, 3.8) is 0 Å². The van der Waals surface area contributed by atoms with E-state index in [-0.39, 0.29) is 11.8 Å². The maximum absolute atomic E-state index is 7.27. The van der Waals surface area contributed by atoms with E-state index in [9.17, 15) is 0 Å². The first-order valence-electron chi connectivity index (χ1n) is 20.1. The number of ether oxygens (including phenoxy) is 2. The highest BCUT2D eigenvalue weighted by molar-refractivity contribution is 5.91. The molecule has 4 aliphatic rings. The molecule has 0 amide bonds. The van der Waals surface area contributed by atoms with E-state index in [0.29, 0.717) is 11.5 Å². The van der Waals surface area contributed by atoms with Gasteiger partial charge in [0.15, 0.2) is 23.0 Å². The van der Waals surface area contributed by atoms with Crippen LogP contribution in [-0.2, 0) is 5.41 Å². The van der Waals surface area contributed by atoms with Gasteiger partial charge in [-0.2, -0.15) is 0 Å². The van der Waals surface area contributed by atoms with Crippen molar-refractivity contribution in [1.29, 1.82) is 0 Å². The third kappa shape index (κ3) is 4.74. The highest BCUT2D eigenvalue weighted by atomic mass is 16.6. The van der Waals surface area contributed by atoms with Crippen LogP contribution in [0, 0.1) is 5.92 Å². The van der Waals surface area contributed by atoms with Crippen LogP contribution in [0.15, 0.2) is 212 Å². The number of nitrogens with zero attached hydrogens (tertiary/aromatic N) is 1. The molecule has 0 saturated carbocycles. The molecule has 3 nitrogen and oxygen atoms in total. The lowest BCUT2D eigenvalue weighted by atomic mass is 9.65. The lowest BCUT2D eigenvalue weighted by Gasteiger charge is -2.38. The Morgan fingerprint density at radius 2 is 1.07 bits per heavy atom. The summed E-state index contributed by atoms with van der Waals surface area (Å²) in [6.07, 6.45) is 9.21. The molecule has 1 heterocycles. The maximum atomic E-state index is 7.27. The standard InChI is InChI=1S/C55H37NO2/c1-3-15-36(16-4-1)38-29-31-40(32-30-38)56(41-20-13-19-39(35-41)37-17-5-2-6-18-37)49-27-14-28-50-53(49)57-51-34-33-45-44-23-9-12-26-48(44)55(52(45)54(51)58-50)46-24-10-7-21-42(46)43-22-8-11-25-47(43)55/h1-35,42,46H. The molecule has 3 unspecified atom stereocenters. The highest BCUT2D eigenvalue weighted by Gasteiger charge is 2.59. The number of anilines is 3. The minimum atomic E-state index is -0.442. The van der Waals surface area contributed by atoms with E-state index >= 15 is 0 Å². The minimum absolute atomic E-state index is 0.186. The molecule has 8 aromatic rings. The summed E-state index contributed by atoms with van der Waals surface area (Å²) in [5, 5.41) is 0. The molecular weight excluding hydrogens is 707 g/mol. The van der Waals surface area contributed by atoms with Crippen molar-refractivity contribution in [2.24, 2.45) is 5.92 Å². The van der Waals surface area contributed by atoms with Gasteiger partial charge in [0.25, 0.3) is 0 Å². The SMILES string of the molecule is C1=CC2c3ccccc3C3(c4ccccc4-c4ccc5c(c43)Oc3cccc(N(c4ccc(-c6ccccc6)cc4)c4cccc(-c6ccccc6)c4)c3O5)C2C=C1. The van der Waals surface area contributed by atoms with Crippen LogP contribution < -0.4 is 14.4 Å². The van der Waals surface area contributed by atoms with E-state index in [4.69, 9.17) is 9.47 Å². The molecule has 1 spiro atoms. The number of hydrogen-bond acceptors (Lipinski definition) is 3. The zero-order valence-corrected chi connectivity index (χ0v) is 31.6. The lowest BCUT2D eigenvalue weighted by Crippen LogP contribution is -2.33. The van der Waals surface area contributed by atoms with Crippen LogP contribution in [0.1, 0.15) is 28.2 Å². The predicted molar refractivity (Wildman–Crippen MR) is 235 cm³/mol. The van der Waals surface area contributed by atoms with Crippen LogP contribution in [0.5, 0.6) is 23.0 Å². The summed E-state index contributed by atoms with van der Waals surface area (Å²) in [5.41, 5.74) is 14.8. The Labute approximate surface area is 338 Å². The fourth-order valence-electron chi connectivity index (χ4n) is 10.2. The fourth-order valence-corrected chi connectivity index (χ4v) is 10.2. The summed E-state index contributed by atoms with van der Waals surface area (Å²) in [6, 6.07) is 67.1. The summed E-state index contributed by atoms with van der Waals surface area (Å²) in [6.45, 7) is 0. The second kappa shape index (κ2) is 12.8. The summed E-state index contributed by atoms with van der Waals surface area (Å²) in [4.78, 5) is 2.29. The second-order valence-corrected chi connectivity index (χ2v) is 15.6. The molecule has 1 aliphatic heterocycles. The van der Waals surface area contributed by atoms with E-state index in [2.05, 4.69) is 211 Å². The van der Waals surface area contributed by atoms with Crippen molar-refractivity contribution < 1.29 is 9.47 Å². The van der Waals surface area contributed by atoms with Crippen molar-refractivity contribution >= 4 is 17.1 Å². The molecule has 0 radical (unpaired) electrons. The molecular formula is C55H37NO2. The third-order valence-corrected chi connectivity index (χ3v) is 12.6. The summed E-state index contributed by atoms with van der Waals surface area (Å²) in [5.74, 6) is 3.33. The number of hydrogen-bond donors (Lipinski definition) is 0. The predicted octanol–water partition coefficient (Wildman–Crippen LogP) is 14.5. The Balaban J connectivity index is 1.03. The van der Waals surface area contributed by atoms with Gasteiger partial charge in [-0.3, -0.25) is 0 Å². The smallest absolute Gasteiger partial charge is 0.194 e. The topological polar surface area (TPSA) is 21.7 Å². The van der Waals surface area contributed by atoms with Gasteiger partial charge in [-0.1, -0.05) is 170 Å². The Hall–Kier alpha value is -7.36. The van der Waals surface area contributed by atoms with Gasteiger partial charge in [0, 0.05) is 28.8 Å². The number of para-hydroxylation sites is 1. The molecule has 3 heteroatoms. The van der Waals surface area contributed by atoms with Crippen molar-refractivity contribution in [2.75, 3.05) is 4.90 Å². The maximum Gasteiger partial charge on any atom is 0.194 e. The minimum Gasteiger partial charge on any atom is -0.449 e. The molecule has 58 heavy (non-hydrogen) atoms. The van der Waals surface area contributed by atoms with Gasteiger partial charge in [-0.05, 0) is 92.5 Å². The lowest BCUT2D eigenvalue weighted by molar-refractivity contribution is 0.348. The first-order valence-corrected chi connectivity index (χ1v) is 20.1. The van der Waals surface area contributed by atoms with E-state index in [1.165, 1.54) is 38.9 Å². The Morgan fingerprint density at radius 3 is 1.90 bits per heavy atom. The van der Waals surface area contributed by atoms with Crippen LogP contribution >= 0.6 is 0 Å². The van der Waals surface area contributed by atoms with Gasteiger partial charge < -0.3 is 14.4 Å². The molecule has 0 fully saturated rings. The average molecular weight is 744 g/mol. The first kappa shape index (κ1) is 32.8. The third-order valence-electron chi connectivity index (χ3n) is 12.6. The number of fused-ring (bicyclic) bond motifs is 13. The van der Waals surface area contributed by atoms with Crippen LogP contribution in [0.3, 0.4) is 0 Å². The summed E-state index contributed by atoms with van der Waals surface area (Å²) >= 11 is 0. The highest BCUT2D eigenvalue weighted by Crippen LogP contribution is 2.69. The largest absolute Gasteiger partial charge is 0.449 e. The van der Waals surface area contributed by atoms with E-state index in [1.807, 2.05) is 6.07 Å². The van der Waals surface area contributed by atoms with Crippen LogP contribution in [0.4, 0.5) is 17.1 Å². The zero-order valence-electron chi connectivity index (χ0n) is 31.6. The monoisotopic (exact) mass is 743 g/mol. The summed E-state index contributed by atoms with van der Waals surface area (Å²) in [7, 11) is 0. The quantitative estimate of drug-likeness (QED) is 0.175. The molecule has 0 aromatic heterocycles. The van der Waals surface area contributed by atoms with Gasteiger partial charge in [0.05, 0.1) is 11.1 Å². The number of allylic oxidation sites excluding steroid dienone is 4. The van der Waals surface area contributed by atoms with Crippen LogP contribution in [0.25, 0.3) is 33.4 Å². The van der Waals surface area contributed by atoms with Gasteiger partial charge in [-0.25, -0.2) is 0 Å². The molecule has 0 saturated heterocycles. The van der Waals surface area contributed by atoms with Crippen molar-refractivity contribution in [3.05, 3.63) is 235 Å². The van der Waals surface area contributed by atoms with Crippen molar-refractivity contribution in [3.8, 4) is 56.4 Å². The van der Waals surface area contributed by atoms with E-state index in [0.717, 1.165) is 45.3 Å². The zero-order chi connectivity index (χ0) is 38.2. The van der Waals surface area contributed by atoms with Gasteiger partial charge in [0.2, 0.25) is 0 Å². The average Bonchev–Trinajstić information content (AvgIpc) is 3.77. The van der Waals surface area contributed by atoms with Gasteiger partial charge in [0.1, 0.15) is 0 Å². The molecule has 3 aliphatic carbocycles. The molecule has 274 valence electrons. The first-order chi connectivity index (χ1) is 28.8. The molecule has 0 N–H and O–H groups in total. The molecule has 8 aromatic carbocycles. The van der Waals surface area contributed by atoms with Gasteiger partial charge in [-0.15, -0.1) is 0 Å². The Kier molecular flexibility index (Phi) is 7.27. The van der Waals surface area contributed by atoms with Crippen LogP contribution in [0.2, 0.25) is 0 Å². The Bertz CT molecular complexity index is 2970. The van der Waals surface area contributed by atoms with Gasteiger partial charge >= 0.3 is 0 Å².